The standard InChI is InChI=1S/C16H32N2/c1-4-15-7-10-17(11-8-15)12-16-6-5-9-18(13-16)14(2)3/h14-16H,4-13H2,1-3H3. The Hall–Kier alpha value is -0.0800. The maximum absolute atomic E-state index is 2.74. The van der Waals surface area contributed by atoms with E-state index in [1.807, 2.05) is 0 Å². The molecule has 0 amide bonds. The summed E-state index contributed by atoms with van der Waals surface area (Å²) in [5, 5.41) is 0. The Morgan fingerprint density at radius 3 is 2.33 bits per heavy atom. The molecule has 2 aliphatic rings. The van der Waals surface area contributed by atoms with Crippen molar-refractivity contribution in [3.63, 3.8) is 0 Å². The number of likely N-dealkylation sites (tertiary alicyclic amines) is 2. The lowest BCUT2D eigenvalue weighted by Crippen LogP contribution is -2.45. The average Bonchev–Trinajstić information content (AvgIpc) is 2.40. The fraction of sp³-hybridized carbons (Fsp3) is 1.00. The minimum atomic E-state index is 0.735. The number of hydrogen-bond donors (Lipinski definition) is 0. The lowest BCUT2D eigenvalue weighted by molar-refractivity contribution is 0.0936. The normalized spacial score (nSPS) is 29.0. The first-order chi connectivity index (χ1) is 8.69. The highest BCUT2D eigenvalue weighted by Gasteiger charge is 2.25. The van der Waals surface area contributed by atoms with Gasteiger partial charge in [-0.15, -0.1) is 0 Å². The molecule has 2 fully saturated rings. The van der Waals surface area contributed by atoms with Gasteiger partial charge in [-0.3, -0.25) is 0 Å². The molecule has 2 saturated heterocycles. The SMILES string of the molecule is CCC1CCN(CC2CCCN(C(C)C)C2)CC1. The van der Waals surface area contributed by atoms with Crippen molar-refractivity contribution in [1.29, 1.82) is 0 Å². The Morgan fingerprint density at radius 2 is 1.72 bits per heavy atom. The average molecular weight is 252 g/mol. The van der Waals surface area contributed by atoms with Crippen LogP contribution in [-0.2, 0) is 0 Å². The highest BCUT2D eigenvalue weighted by atomic mass is 15.2. The second kappa shape index (κ2) is 6.91. The molecular weight excluding hydrogens is 220 g/mol. The fourth-order valence-electron chi connectivity index (χ4n) is 3.66. The van der Waals surface area contributed by atoms with Gasteiger partial charge in [0.15, 0.2) is 0 Å². The van der Waals surface area contributed by atoms with Crippen LogP contribution in [0, 0.1) is 11.8 Å². The van der Waals surface area contributed by atoms with E-state index >= 15 is 0 Å². The zero-order valence-electron chi connectivity index (χ0n) is 12.7. The Balaban J connectivity index is 1.73. The molecule has 2 heteroatoms. The van der Waals surface area contributed by atoms with Gasteiger partial charge < -0.3 is 9.80 Å². The molecule has 1 atom stereocenters. The number of hydrogen-bond acceptors (Lipinski definition) is 2. The maximum atomic E-state index is 2.74. The van der Waals surface area contributed by atoms with Gasteiger partial charge in [0.1, 0.15) is 0 Å². The monoisotopic (exact) mass is 252 g/mol. The van der Waals surface area contributed by atoms with Crippen LogP contribution in [0.1, 0.15) is 52.9 Å². The van der Waals surface area contributed by atoms with E-state index in [1.54, 1.807) is 0 Å². The third-order valence-corrected chi connectivity index (χ3v) is 5.08. The van der Waals surface area contributed by atoms with Crippen LogP contribution in [0.5, 0.6) is 0 Å². The lowest BCUT2D eigenvalue weighted by Gasteiger charge is -2.39. The summed E-state index contributed by atoms with van der Waals surface area (Å²) < 4.78 is 0. The second-order valence-electron chi connectivity index (χ2n) is 6.75. The van der Waals surface area contributed by atoms with E-state index in [-0.39, 0.29) is 0 Å². The zero-order valence-corrected chi connectivity index (χ0v) is 12.7. The van der Waals surface area contributed by atoms with E-state index < -0.39 is 0 Å². The molecule has 0 bridgehead atoms. The first kappa shape index (κ1) is 14.3. The Labute approximate surface area is 114 Å². The third kappa shape index (κ3) is 3.96. The largest absolute Gasteiger partial charge is 0.303 e. The molecule has 2 nitrogen and oxygen atoms in total. The first-order valence-electron chi connectivity index (χ1n) is 8.15. The third-order valence-electron chi connectivity index (χ3n) is 5.08. The summed E-state index contributed by atoms with van der Waals surface area (Å²) >= 11 is 0. The van der Waals surface area contributed by atoms with Crippen molar-refractivity contribution in [2.75, 3.05) is 32.7 Å². The van der Waals surface area contributed by atoms with Crippen molar-refractivity contribution >= 4 is 0 Å². The summed E-state index contributed by atoms with van der Waals surface area (Å²) in [7, 11) is 0. The molecule has 0 aromatic rings. The first-order valence-corrected chi connectivity index (χ1v) is 8.15. The van der Waals surface area contributed by atoms with E-state index in [9.17, 15) is 0 Å². The van der Waals surface area contributed by atoms with Gasteiger partial charge in [-0.05, 0) is 71.0 Å². The molecule has 0 N–H and O–H groups in total. The van der Waals surface area contributed by atoms with Crippen LogP contribution < -0.4 is 0 Å². The Morgan fingerprint density at radius 1 is 1.00 bits per heavy atom. The van der Waals surface area contributed by atoms with E-state index in [4.69, 9.17) is 0 Å². The van der Waals surface area contributed by atoms with Gasteiger partial charge in [-0.1, -0.05) is 13.3 Å². The summed E-state index contributed by atoms with van der Waals surface area (Å²) in [5.74, 6) is 1.94. The molecule has 2 rings (SSSR count). The van der Waals surface area contributed by atoms with Crippen LogP contribution in [0.25, 0.3) is 0 Å². The molecular formula is C16H32N2. The van der Waals surface area contributed by atoms with Crippen LogP contribution >= 0.6 is 0 Å². The molecule has 0 saturated carbocycles. The van der Waals surface area contributed by atoms with Gasteiger partial charge in [0.05, 0.1) is 0 Å². The van der Waals surface area contributed by atoms with Crippen molar-refractivity contribution in [2.45, 2.75) is 58.9 Å². The quantitative estimate of drug-likeness (QED) is 0.758. The highest BCUT2D eigenvalue weighted by molar-refractivity contribution is 4.80. The maximum Gasteiger partial charge on any atom is 0.00387 e. The van der Waals surface area contributed by atoms with E-state index in [1.165, 1.54) is 64.8 Å². The predicted octanol–water partition coefficient (Wildman–Crippen LogP) is 3.23. The van der Waals surface area contributed by atoms with Gasteiger partial charge in [-0.2, -0.15) is 0 Å². The van der Waals surface area contributed by atoms with Crippen LogP contribution in [0.2, 0.25) is 0 Å². The summed E-state index contributed by atoms with van der Waals surface area (Å²) in [6.45, 7) is 13.8. The van der Waals surface area contributed by atoms with E-state index in [2.05, 4.69) is 30.6 Å². The molecule has 0 aromatic carbocycles. The fourth-order valence-corrected chi connectivity index (χ4v) is 3.66. The molecule has 0 spiro atoms. The van der Waals surface area contributed by atoms with Crippen molar-refractivity contribution in [2.24, 2.45) is 11.8 Å². The molecule has 1 unspecified atom stereocenters. The van der Waals surface area contributed by atoms with Crippen LogP contribution in [0.15, 0.2) is 0 Å². The number of rotatable bonds is 4. The smallest absolute Gasteiger partial charge is 0.00387 e. The van der Waals surface area contributed by atoms with Crippen molar-refractivity contribution in [1.82, 2.24) is 9.80 Å². The minimum absolute atomic E-state index is 0.735. The topological polar surface area (TPSA) is 6.48 Å². The van der Waals surface area contributed by atoms with Crippen LogP contribution in [-0.4, -0.2) is 48.6 Å². The second-order valence-corrected chi connectivity index (χ2v) is 6.75. The zero-order chi connectivity index (χ0) is 13.0. The summed E-state index contributed by atoms with van der Waals surface area (Å²) in [4.78, 5) is 5.41. The van der Waals surface area contributed by atoms with Crippen molar-refractivity contribution in [3.05, 3.63) is 0 Å². The van der Waals surface area contributed by atoms with Crippen molar-refractivity contribution in [3.8, 4) is 0 Å². The molecule has 0 aliphatic carbocycles. The minimum Gasteiger partial charge on any atom is -0.303 e. The summed E-state index contributed by atoms with van der Waals surface area (Å²) in [5.41, 5.74) is 0. The van der Waals surface area contributed by atoms with Crippen LogP contribution in [0.3, 0.4) is 0 Å². The van der Waals surface area contributed by atoms with Gasteiger partial charge >= 0.3 is 0 Å². The molecule has 2 heterocycles. The van der Waals surface area contributed by atoms with Gasteiger partial charge in [0, 0.05) is 19.1 Å². The number of nitrogens with zero attached hydrogens (tertiary/aromatic N) is 2. The molecule has 18 heavy (non-hydrogen) atoms. The van der Waals surface area contributed by atoms with Crippen molar-refractivity contribution < 1.29 is 0 Å². The Kier molecular flexibility index (Phi) is 5.50. The summed E-state index contributed by atoms with van der Waals surface area (Å²) in [6, 6.07) is 0.735. The molecule has 106 valence electrons. The number of piperidine rings is 2. The molecule has 0 radical (unpaired) electrons. The van der Waals surface area contributed by atoms with Gasteiger partial charge in [0.2, 0.25) is 0 Å². The van der Waals surface area contributed by atoms with E-state index in [0.29, 0.717) is 0 Å². The predicted molar refractivity (Wildman–Crippen MR) is 78.9 cm³/mol. The lowest BCUT2D eigenvalue weighted by atomic mass is 9.92. The summed E-state index contributed by atoms with van der Waals surface area (Å²) in [6.07, 6.45) is 7.14. The van der Waals surface area contributed by atoms with Crippen LogP contribution in [0.4, 0.5) is 0 Å². The molecule has 0 aromatic heterocycles. The highest BCUT2D eigenvalue weighted by Crippen LogP contribution is 2.24. The van der Waals surface area contributed by atoms with Gasteiger partial charge in [0.25, 0.3) is 0 Å². The van der Waals surface area contributed by atoms with Gasteiger partial charge in [-0.25, -0.2) is 0 Å². The molecule has 2 aliphatic heterocycles. The van der Waals surface area contributed by atoms with E-state index in [0.717, 1.165) is 17.9 Å². The Bertz CT molecular complexity index is 231.